The normalized spacial score (nSPS) is 14.9. The lowest BCUT2D eigenvalue weighted by atomic mass is 10.1. The Balaban J connectivity index is 1.52. The average molecular weight is 415 g/mol. The van der Waals surface area contributed by atoms with Crippen molar-refractivity contribution in [1.82, 2.24) is 4.98 Å². The number of aryl methyl sites for hydroxylation is 1. The van der Waals surface area contributed by atoms with E-state index in [9.17, 15) is 9.18 Å². The van der Waals surface area contributed by atoms with Gasteiger partial charge in [0.25, 0.3) is 0 Å². The third-order valence-electron chi connectivity index (χ3n) is 5.25. The summed E-state index contributed by atoms with van der Waals surface area (Å²) in [5, 5.41) is 0.579. The number of hydrogen-bond donors (Lipinski definition) is 1. The van der Waals surface area contributed by atoms with Crippen molar-refractivity contribution < 1.29 is 18.8 Å². The number of para-hydroxylation sites is 1. The van der Waals surface area contributed by atoms with Crippen LogP contribution in [0.1, 0.15) is 12.0 Å². The predicted molar refractivity (Wildman–Crippen MR) is 113 cm³/mol. The highest BCUT2D eigenvalue weighted by atomic mass is 32.1. The van der Waals surface area contributed by atoms with Crippen LogP contribution in [-0.4, -0.2) is 50.3 Å². The molecular formula is C22H25FN3O2S+. The Hall–Kier alpha value is -2.35. The highest BCUT2D eigenvalue weighted by Gasteiger charge is 2.23. The summed E-state index contributed by atoms with van der Waals surface area (Å²) < 4.78 is 20.3. The maximum absolute atomic E-state index is 14.1. The van der Waals surface area contributed by atoms with Crippen LogP contribution in [0.15, 0.2) is 48.5 Å². The molecule has 2 aromatic carbocycles. The summed E-state index contributed by atoms with van der Waals surface area (Å²) in [5.41, 5.74) is 1.47. The summed E-state index contributed by atoms with van der Waals surface area (Å²) >= 11 is 1.38. The van der Waals surface area contributed by atoms with E-state index in [-0.39, 0.29) is 11.7 Å². The van der Waals surface area contributed by atoms with Crippen molar-refractivity contribution in [3.8, 4) is 0 Å². The summed E-state index contributed by atoms with van der Waals surface area (Å²) in [6.45, 7) is 4.80. The number of hydrogen-bond acceptors (Lipinski definition) is 4. The fourth-order valence-corrected chi connectivity index (χ4v) is 4.58. The van der Waals surface area contributed by atoms with Crippen molar-refractivity contribution in [2.75, 3.05) is 44.3 Å². The molecule has 1 aliphatic rings. The van der Waals surface area contributed by atoms with Gasteiger partial charge in [0, 0.05) is 6.42 Å². The highest BCUT2D eigenvalue weighted by molar-refractivity contribution is 7.22. The third-order valence-corrected chi connectivity index (χ3v) is 6.29. The minimum absolute atomic E-state index is 0.0287. The van der Waals surface area contributed by atoms with Gasteiger partial charge in [-0.25, -0.2) is 9.37 Å². The van der Waals surface area contributed by atoms with Gasteiger partial charge >= 0.3 is 0 Å². The molecule has 0 aliphatic carbocycles. The maximum atomic E-state index is 14.1. The molecule has 1 saturated heterocycles. The lowest BCUT2D eigenvalue weighted by molar-refractivity contribution is -0.906. The van der Waals surface area contributed by atoms with Gasteiger partial charge in [-0.05, 0) is 24.1 Å². The number of benzene rings is 2. The largest absolute Gasteiger partial charge is 0.370 e. The van der Waals surface area contributed by atoms with E-state index in [0.717, 1.165) is 43.1 Å². The number of carbonyl (C=O) groups is 1. The molecule has 0 bridgehead atoms. The van der Waals surface area contributed by atoms with Crippen LogP contribution >= 0.6 is 11.3 Å². The summed E-state index contributed by atoms with van der Waals surface area (Å²) in [5.74, 6) is -0.318. The maximum Gasteiger partial charge on any atom is 0.229 e. The van der Waals surface area contributed by atoms with Gasteiger partial charge in [0.15, 0.2) is 5.13 Å². The number of nitrogens with one attached hydrogen (secondary N) is 1. The van der Waals surface area contributed by atoms with Gasteiger partial charge in [-0.15, -0.1) is 0 Å². The number of anilines is 1. The zero-order valence-electron chi connectivity index (χ0n) is 16.3. The summed E-state index contributed by atoms with van der Waals surface area (Å²) in [6, 6.07) is 14.9. The molecule has 1 N–H and O–H groups in total. The lowest BCUT2D eigenvalue weighted by Crippen LogP contribution is -3.14. The molecular weight excluding hydrogens is 389 g/mol. The van der Waals surface area contributed by atoms with Crippen LogP contribution in [0.25, 0.3) is 10.2 Å². The number of nitrogens with zero attached hydrogens (tertiary/aromatic N) is 2. The summed E-state index contributed by atoms with van der Waals surface area (Å²) in [4.78, 5) is 20.7. The molecule has 2 heterocycles. The van der Waals surface area contributed by atoms with E-state index >= 15 is 0 Å². The molecule has 7 heteroatoms. The molecule has 0 unspecified atom stereocenters. The molecule has 152 valence electrons. The Bertz CT molecular complexity index is 957. The van der Waals surface area contributed by atoms with Gasteiger partial charge in [-0.2, -0.15) is 0 Å². The fraction of sp³-hybridized carbons (Fsp3) is 0.364. The summed E-state index contributed by atoms with van der Waals surface area (Å²) in [6.07, 6.45) is 1.08. The Morgan fingerprint density at radius 2 is 1.93 bits per heavy atom. The molecule has 0 saturated carbocycles. The van der Waals surface area contributed by atoms with Crippen LogP contribution in [0.5, 0.6) is 0 Å². The molecule has 1 fully saturated rings. The van der Waals surface area contributed by atoms with Gasteiger partial charge in [0.05, 0.1) is 31.0 Å². The van der Waals surface area contributed by atoms with Crippen LogP contribution in [-0.2, 0) is 16.0 Å². The second-order valence-electron chi connectivity index (χ2n) is 7.23. The van der Waals surface area contributed by atoms with Crippen LogP contribution in [0.4, 0.5) is 9.52 Å². The van der Waals surface area contributed by atoms with Crippen molar-refractivity contribution in [3.05, 3.63) is 59.9 Å². The number of ether oxygens (including phenoxy) is 1. The summed E-state index contributed by atoms with van der Waals surface area (Å²) in [7, 11) is 0. The molecule has 4 rings (SSSR count). The number of quaternary nitrogens is 1. The van der Waals surface area contributed by atoms with Crippen LogP contribution < -0.4 is 9.80 Å². The smallest absolute Gasteiger partial charge is 0.229 e. The van der Waals surface area contributed by atoms with Crippen LogP contribution in [0.2, 0.25) is 0 Å². The van der Waals surface area contributed by atoms with E-state index in [4.69, 9.17) is 4.74 Å². The van der Waals surface area contributed by atoms with E-state index in [0.29, 0.717) is 30.0 Å². The average Bonchev–Trinajstić information content (AvgIpc) is 3.19. The second kappa shape index (κ2) is 9.43. The number of fused-ring (bicyclic) bond motifs is 1. The van der Waals surface area contributed by atoms with Gasteiger partial charge in [-0.3, -0.25) is 9.69 Å². The number of carbonyl (C=O) groups excluding carboxylic acids is 1. The van der Waals surface area contributed by atoms with E-state index in [1.165, 1.54) is 22.3 Å². The van der Waals surface area contributed by atoms with Crippen LogP contribution in [0, 0.1) is 5.82 Å². The Morgan fingerprint density at radius 1 is 1.14 bits per heavy atom. The number of amides is 1. The molecule has 29 heavy (non-hydrogen) atoms. The molecule has 1 aromatic heterocycles. The molecule has 5 nitrogen and oxygen atoms in total. The van der Waals surface area contributed by atoms with Crippen LogP contribution in [0.3, 0.4) is 0 Å². The van der Waals surface area contributed by atoms with Gasteiger partial charge in [0.1, 0.15) is 24.4 Å². The molecule has 1 amide bonds. The van der Waals surface area contributed by atoms with Crippen molar-refractivity contribution in [3.63, 3.8) is 0 Å². The zero-order chi connectivity index (χ0) is 20.1. The third kappa shape index (κ3) is 4.98. The van der Waals surface area contributed by atoms with Crippen molar-refractivity contribution >= 4 is 32.6 Å². The van der Waals surface area contributed by atoms with Gasteiger partial charge < -0.3 is 9.64 Å². The molecule has 3 aromatic rings. The van der Waals surface area contributed by atoms with E-state index in [1.54, 1.807) is 11.0 Å². The highest BCUT2D eigenvalue weighted by Crippen LogP contribution is 2.30. The van der Waals surface area contributed by atoms with Gasteiger partial charge in [-0.1, -0.05) is 47.7 Å². The first-order valence-electron chi connectivity index (χ1n) is 10.0. The van der Waals surface area contributed by atoms with Gasteiger partial charge in [0.2, 0.25) is 5.91 Å². The Morgan fingerprint density at radius 3 is 2.69 bits per heavy atom. The number of aromatic nitrogens is 1. The van der Waals surface area contributed by atoms with E-state index in [2.05, 4.69) is 4.98 Å². The number of halogens is 1. The number of thiazole rings is 1. The number of rotatable bonds is 7. The topological polar surface area (TPSA) is 46.9 Å². The number of morpholine rings is 1. The SMILES string of the molecule is O=C(CCc1ccccc1)N(CC[NH+]1CCOCC1)c1nc2c(F)cccc2s1. The standard InChI is InChI=1S/C22H24FN3O2S/c23-18-7-4-8-19-21(18)24-22(29-19)26(12-11-25-13-15-28-16-14-25)20(27)10-9-17-5-2-1-3-6-17/h1-8H,9-16H2/p+1. The quantitative estimate of drug-likeness (QED) is 0.646. The first-order valence-corrected chi connectivity index (χ1v) is 10.8. The Labute approximate surface area is 173 Å². The molecule has 0 radical (unpaired) electrons. The van der Waals surface area contributed by atoms with E-state index in [1.807, 2.05) is 36.4 Å². The monoisotopic (exact) mass is 414 g/mol. The minimum Gasteiger partial charge on any atom is -0.370 e. The first-order chi connectivity index (χ1) is 14.2. The second-order valence-corrected chi connectivity index (χ2v) is 8.24. The fourth-order valence-electron chi connectivity index (χ4n) is 3.56. The molecule has 0 spiro atoms. The molecule has 0 atom stereocenters. The van der Waals surface area contributed by atoms with E-state index < -0.39 is 0 Å². The van der Waals surface area contributed by atoms with Crippen molar-refractivity contribution in [1.29, 1.82) is 0 Å². The lowest BCUT2D eigenvalue weighted by Gasteiger charge is -2.27. The minimum atomic E-state index is -0.347. The predicted octanol–water partition coefficient (Wildman–Crippen LogP) is 2.32. The van der Waals surface area contributed by atoms with Crippen molar-refractivity contribution in [2.24, 2.45) is 0 Å². The zero-order valence-corrected chi connectivity index (χ0v) is 17.1. The molecule has 1 aliphatic heterocycles. The Kier molecular flexibility index (Phi) is 6.49. The first kappa shape index (κ1) is 19.9. The van der Waals surface area contributed by atoms with Crippen molar-refractivity contribution in [2.45, 2.75) is 12.8 Å².